The van der Waals surface area contributed by atoms with Gasteiger partial charge in [-0.15, -0.1) is 0 Å². The molecule has 4 heterocycles. The number of pyridine rings is 1. The molecule has 2 N–H and O–H groups in total. The largest absolute Gasteiger partial charge is 0.479 e. The number of nitriles is 1. The van der Waals surface area contributed by atoms with Crippen LogP contribution in [0.25, 0.3) is 22.5 Å². The van der Waals surface area contributed by atoms with E-state index < -0.39 is 11.4 Å². The number of rotatable bonds is 0. The van der Waals surface area contributed by atoms with Crippen LogP contribution in [-0.4, -0.2) is 24.5 Å². The van der Waals surface area contributed by atoms with E-state index in [1.807, 2.05) is 13.8 Å². The molecule has 5 rings (SSSR count). The number of imidazole rings is 1. The summed E-state index contributed by atoms with van der Waals surface area (Å²) in [5, 5.41) is 9.63. The monoisotopic (exact) mass is 427 g/mol. The van der Waals surface area contributed by atoms with E-state index in [9.17, 15) is 9.65 Å². The highest BCUT2D eigenvalue weighted by atomic mass is 19.1. The first-order chi connectivity index (χ1) is 15.4. The van der Waals surface area contributed by atoms with Crippen molar-refractivity contribution < 1.29 is 9.13 Å². The number of nitrogens with zero attached hydrogens (tertiary/aromatic N) is 6. The first-order valence-electron chi connectivity index (χ1n) is 9.88. The summed E-state index contributed by atoms with van der Waals surface area (Å²) in [6, 6.07) is 8.33. The summed E-state index contributed by atoms with van der Waals surface area (Å²) >= 11 is 0. The van der Waals surface area contributed by atoms with Gasteiger partial charge in [0.15, 0.2) is 17.3 Å². The number of hydrogen-bond donors (Lipinski definition) is 1. The molecular formula is C23H18FN7O. The van der Waals surface area contributed by atoms with Gasteiger partial charge in [0.05, 0.1) is 30.0 Å². The highest BCUT2D eigenvalue weighted by Gasteiger charge is 2.30. The molecule has 0 spiro atoms. The normalized spacial score (nSPS) is 13.9. The maximum atomic E-state index is 14.3. The van der Waals surface area contributed by atoms with Crippen LogP contribution in [0.15, 0.2) is 49.2 Å². The maximum absolute atomic E-state index is 14.3. The molecule has 158 valence electrons. The fourth-order valence-electron chi connectivity index (χ4n) is 3.97. The first kappa shape index (κ1) is 19.6. The second kappa shape index (κ2) is 7.13. The molecule has 0 amide bonds. The average Bonchev–Trinajstić information content (AvgIpc) is 3.17. The molecule has 1 aliphatic rings. The van der Waals surface area contributed by atoms with Crippen molar-refractivity contribution in [2.75, 3.05) is 5.73 Å². The standard InChI is InChI=1S/C23H18FN7O/c1-23(2)16-8-14(24)3-4-15(16)20-18(27-5-6-28-20)11-31-12-30-17(9-25)21(31)13-7-19(32-23)22(26)29-10-13/h3-8,10,12H,11H2,1-2H3,(H2,26,29). The molecule has 1 aliphatic heterocycles. The Balaban J connectivity index is 1.86. The molecule has 2 bridgehead atoms. The molecule has 0 radical (unpaired) electrons. The van der Waals surface area contributed by atoms with Gasteiger partial charge in [-0.05, 0) is 38.1 Å². The van der Waals surface area contributed by atoms with Crippen LogP contribution in [-0.2, 0) is 12.1 Å². The number of ether oxygens (including phenoxy) is 1. The van der Waals surface area contributed by atoms with Gasteiger partial charge in [0.1, 0.15) is 17.5 Å². The minimum atomic E-state index is -0.988. The van der Waals surface area contributed by atoms with E-state index >= 15 is 0 Å². The zero-order chi connectivity index (χ0) is 22.5. The fraction of sp³-hybridized carbons (Fsp3) is 0.174. The molecule has 0 unspecified atom stereocenters. The number of fused-ring (bicyclic) bond motifs is 7. The van der Waals surface area contributed by atoms with Crippen LogP contribution in [0, 0.1) is 17.1 Å². The molecule has 0 saturated heterocycles. The lowest BCUT2D eigenvalue weighted by Gasteiger charge is -2.30. The number of aromatic nitrogens is 5. The topological polar surface area (TPSA) is 116 Å². The van der Waals surface area contributed by atoms with Crippen LogP contribution in [0.2, 0.25) is 0 Å². The highest BCUT2D eigenvalue weighted by Crippen LogP contribution is 2.39. The second-order valence-electron chi connectivity index (χ2n) is 7.94. The Morgan fingerprint density at radius 1 is 1.16 bits per heavy atom. The van der Waals surface area contributed by atoms with Gasteiger partial charge in [0.25, 0.3) is 0 Å². The van der Waals surface area contributed by atoms with Gasteiger partial charge >= 0.3 is 0 Å². The van der Waals surface area contributed by atoms with Crippen molar-refractivity contribution in [1.82, 2.24) is 24.5 Å². The second-order valence-corrected chi connectivity index (χ2v) is 7.94. The Morgan fingerprint density at radius 3 is 2.78 bits per heavy atom. The van der Waals surface area contributed by atoms with Crippen molar-refractivity contribution in [2.24, 2.45) is 0 Å². The lowest BCUT2D eigenvalue weighted by atomic mass is 9.90. The Hall–Kier alpha value is -4.32. The first-order valence-corrected chi connectivity index (χ1v) is 9.88. The molecule has 32 heavy (non-hydrogen) atoms. The molecule has 3 aromatic heterocycles. The van der Waals surface area contributed by atoms with E-state index in [-0.39, 0.29) is 11.5 Å². The van der Waals surface area contributed by atoms with Crippen LogP contribution < -0.4 is 10.5 Å². The summed E-state index contributed by atoms with van der Waals surface area (Å²) in [6.07, 6.45) is 6.33. The van der Waals surface area contributed by atoms with Gasteiger partial charge in [-0.2, -0.15) is 5.26 Å². The summed E-state index contributed by atoms with van der Waals surface area (Å²) in [5.41, 5.74) is 9.05. The molecule has 9 heteroatoms. The van der Waals surface area contributed by atoms with Crippen LogP contribution in [0.1, 0.15) is 30.8 Å². The molecule has 0 atom stereocenters. The summed E-state index contributed by atoms with van der Waals surface area (Å²) in [5.74, 6) is 0.106. The van der Waals surface area contributed by atoms with E-state index in [0.717, 1.165) is 0 Å². The lowest BCUT2D eigenvalue weighted by molar-refractivity contribution is 0.109. The number of hydrogen-bond acceptors (Lipinski definition) is 7. The van der Waals surface area contributed by atoms with Crippen molar-refractivity contribution >= 4 is 5.82 Å². The number of nitrogen functional groups attached to an aromatic ring is 1. The van der Waals surface area contributed by atoms with Gasteiger partial charge in [-0.1, -0.05) is 0 Å². The Labute approximate surface area is 183 Å². The molecule has 0 fully saturated rings. The minimum Gasteiger partial charge on any atom is -0.479 e. The maximum Gasteiger partial charge on any atom is 0.166 e. The molecule has 4 aromatic rings. The van der Waals surface area contributed by atoms with Gasteiger partial charge in [0, 0.05) is 35.3 Å². The van der Waals surface area contributed by atoms with Crippen molar-refractivity contribution in [3.05, 3.63) is 72.0 Å². The third kappa shape index (κ3) is 3.13. The van der Waals surface area contributed by atoms with Crippen LogP contribution in [0.5, 0.6) is 5.75 Å². The summed E-state index contributed by atoms with van der Waals surface area (Å²) in [7, 11) is 0. The Morgan fingerprint density at radius 2 is 1.97 bits per heavy atom. The van der Waals surface area contributed by atoms with Crippen molar-refractivity contribution in [1.29, 1.82) is 5.26 Å². The van der Waals surface area contributed by atoms with E-state index in [1.165, 1.54) is 12.1 Å². The van der Waals surface area contributed by atoms with Crippen molar-refractivity contribution in [2.45, 2.75) is 26.0 Å². The van der Waals surface area contributed by atoms with E-state index in [4.69, 9.17) is 10.5 Å². The number of nitrogens with two attached hydrogens (primary N) is 1. The lowest BCUT2D eigenvalue weighted by Crippen LogP contribution is -2.27. The van der Waals surface area contributed by atoms with Gasteiger partial charge < -0.3 is 15.0 Å². The van der Waals surface area contributed by atoms with Crippen LogP contribution >= 0.6 is 0 Å². The van der Waals surface area contributed by atoms with Crippen molar-refractivity contribution in [3.63, 3.8) is 0 Å². The molecule has 1 aromatic carbocycles. The zero-order valence-electron chi connectivity index (χ0n) is 17.4. The smallest absolute Gasteiger partial charge is 0.166 e. The summed E-state index contributed by atoms with van der Waals surface area (Å²) in [4.78, 5) is 17.6. The van der Waals surface area contributed by atoms with Crippen LogP contribution in [0.3, 0.4) is 0 Å². The highest BCUT2D eigenvalue weighted by molar-refractivity contribution is 5.71. The zero-order valence-corrected chi connectivity index (χ0v) is 17.4. The predicted octanol–water partition coefficient (Wildman–Crippen LogP) is 3.67. The molecular weight excluding hydrogens is 409 g/mol. The average molecular weight is 427 g/mol. The Kier molecular flexibility index (Phi) is 4.37. The van der Waals surface area contributed by atoms with Gasteiger partial charge in [-0.25, -0.2) is 14.4 Å². The summed E-state index contributed by atoms with van der Waals surface area (Å²) < 4.78 is 22.4. The van der Waals surface area contributed by atoms with Crippen molar-refractivity contribution in [3.8, 4) is 34.3 Å². The third-order valence-corrected chi connectivity index (χ3v) is 5.44. The molecule has 8 nitrogen and oxygen atoms in total. The number of halogens is 1. The third-order valence-electron chi connectivity index (χ3n) is 5.44. The van der Waals surface area contributed by atoms with Gasteiger partial charge in [-0.3, -0.25) is 9.97 Å². The quantitative estimate of drug-likeness (QED) is 0.455. The predicted molar refractivity (Wildman–Crippen MR) is 115 cm³/mol. The van der Waals surface area contributed by atoms with Crippen LogP contribution in [0.4, 0.5) is 10.2 Å². The number of anilines is 1. The Bertz CT molecular complexity index is 1400. The summed E-state index contributed by atoms with van der Waals surface area (Å²) in [6.45, 7) is 3.94. The van der Waals surface area contributed by atoms with Gasteiger partial charge in [0.2, 0.25) is 0 Å². The minimum absolute atomic E-state index is 0.182. The molecule has 0 saturated carbocycles. The fourth-order valence-corrected chi connectivity index (χ4v) is 3.97. The van der Waals surface area contributed by atoms with E-state index in [0.29, 0.717) is 46.1 Å². The van der Waals surface area contributed by atoms with E-state index in [1.54, 1.807) is 41.6 Å². The van der Waals surface area contributed by atoms with E-state index in [2.05, 4.69) is 26.0 Å². The molecule has 0 aliphatic carbocycles. The number of benzene rings is 1. The SMILES string of the molecule is CC1(C)Oc2cc(cnc2N)-c2c(C#N)ncn2Cc2nccnc2-c2ccc(F)cc21.